The van der Waals surface area contributed by atoms with E-state index in [0.29, 0.717) is 20.2 Å². The quantitative estimate of drug-likeness (QED) is 0.319. The number of benzene rings is 2. The zero-order chi connectivity index (χ0) is 22.3. The van der Waals surface area contributed by atoms with Crippen molar-refractivity contribution in [3.05, 3.63) is 65.0 Å². The van der Waals surface area contributed by atoms with Crippen molar-refractivity contribution in [1.29, 1.82) is 5.26 Å². The van der Waals surface area contributed by atoms with E-state index in [4.69, 9.17) is 4.74 Å². The van der Waals surface area contributed by atoms with E-state index in [1.807, 2.05) is 60.0 Å². The Bertz CT molecular complexity index is 1250. The molecule has 160 valence electrons. The molecule has 0 amide bonds. The molecule has 4 rings (SSSR count). The van der Waals surface area contributed by atoms with Crippen LogP contribution in [0.1, 0.15) is 10.9 Å². The van der Waals surface area contributed by atoms with Crippen LogP contribution in [0.15, 0.2) is 64.3 Å². The van der Waals surface area contributed by atoms with Crippen LogP contribution in [0.25, 0.3) is 11.3 Å². The number of thioether (sulfide) groups is 1. The molecule has 1 atom stereocenters. The van der Waals surface area contributed by atoms with Crippen molar-refractivity contribution < 1.29 is 9.53 Å². The molecular weight excluding hydrogens is 462 g/mol. The summed E-state index contributed by atoms with van der Waals surface area (Å²) < 4.78 is 5.96. The molecule has 10 heteroatoms. The third-order valence-electron chi connectivity index (χ3n) is 4.38. The van der Waals surface area contributed by atoms with Crippen molar-refractivity contribution in [2.75, 3.05) is 18.2 Å². The second-order valence-electron chi connectivity index (χ2n) is 6.45. The number of nitriles is 1. The van der Waals surface area contributed by atoms with E-state index in [1.54, 1.807) is 7.11 Å². The Balaban J connectivity index is 1.38. The van der Waals surface area contributed by atoms with Crippen LogP contribution in [0.2, 0.25) is 0 Å². The van der Waals surface area contributed by atoms with Gasteiger partial charge in [-0.25, -0.2) is 4.98 Å². The Kier molecular flexibility index (Phi) is 7.11. The number of carbonyl (C=O) groups is 1. The second-order valence-corrected chi connectivity index (χ2v) is 9.54. The van der Waals surface area contributed by atoms with Gasteiger partial charge in [0.15, 0.2) is 16.0 Å². The molecule has 4 aromatic rings. The number of carbonyl (C=O) groups excluding carboxylic acids is 1. The number of hydrogen-bond acceptors (Lipinski definition) is 10. The van der Waals surface area contributed by atoms with Crippen LogP contribution in [-0.2, 0) is 4.79 Å². The lowest BCUT2D eigenvalue weighted by molar-refractivity contribution is -0.116. The van der Waals surface area contributed by atoms with Gasteiger partial charge in [0.05, 0.1) is 30.3 Å². The Labute approximate surface area is 197 Å². The first-order chi connectivity index (χ1) is 15.7. The lowest BCUT2D eigenvalue weighted by Crippen LogP contribution is -2.13. The Morgan fingerprint density at radius 3 is 2.75 bits per heavy atom. The van der Waals surface area contributed by atoms with Gasteiger partial charge in [0.2, 0.25) is 5.13 Å². The van der Waals surface area contributed by atoms with Crippen molar-refractivity contribution in [2.45, 2.75) is 10.3 Å². The summed E-state index contributed by atoms with van der Waals surface area (Å²) in [6, 6.07) is 19.3. The van der Waals surface area contributed by atoms with Crippen molar-refractivity contribution >= 4 is 51.0 Å². The summed E-state index contributed by atoms with van der Waals surface area (Å²) in [6.07, 6.45) is 0. The molecule has 0 aliphatic rings. The summed E-state index contributed by atoms with van der Waals surface area (Å²) in [5, 5.41) is 24.0. The summed E-state index contributed by atoms with van der Waals surface area (Å²) in [6.45, 7) is 0. The molecule has 0 aliphatic carbocycles. The number of nitrogens with zero attached hydrogens (tertiary/aromatic N) is 4. The molecule has 0 aliphatic heterocycles. The largest absolute Gasteiger partial charge is 0.495 e. The van der Waals surface area contributed by atoms with Crippen molar-refractivity contribution in [3.63, 3.8) is 0 Å². The number of aromatic nitrogens is 3. The normalized spacial score (nSPS) is 11.5. The molecule has 2 aromatic heterocycles. The van der Waals surface area contributed by atoms with E-state index in [-0.39, 0.29) is 11.5 Å². The number of Topliss-reactive ketones (excluding diaryl/α,β-unsaturated/α-hetero) is 1. The molecule has 2 heterocycles. The van der Waals surface area contributed by atoms with Crippen molar-refractivity contribution in [3.8, 4) is 23.1 Å². The molecule has 1 N–H and O–H groups in total. The van der Waals surface area contributed by atoms with Gasteiger partial charge in [0.25, 0.3) is 0 Å². The average molecular weight is 480 g/mol. The van der Waals surface area contributed by atoms with Gasteiger partial charge in [-0.15, -0.1) is 21.5 Å². The lowest BCUT2D eigenvalue weighted by Gasteiger charge is -2.07. The SMILES string of the molecule is COc1ccccc1Nc1nnc(SCC(=O)C(C#N)c2nc(-c3ccccc3)cs2)s1. The minimum absolute atomic E-state index is 0.113. The summed E-state index contributed by atoms with van der Waals surface area (Å²) in [4.78, 5) is 17.2. The van der Waals surface area contributed by atoms with E-state index in [0.717, 1.165) is 16.9 Å². The summed E-state index contributed by atoms with van der Waals surface area (Å²) >= 11 is 3.92. The minimum Gasteiger partial charge on any atom is -0.495 e. The van der Waals surface area contributed by atoms with Gasteiger partial charge in [-0.3, -0.25) is 4.79 Å². The third-order valence-corrected chi connectivity index (χ3v) is 7.29. The van der Waals surface area contributed by atoms with E-state index < -0.39 is 5.92 Å². The number of anilines is 2. The van der Waals surface area contributed by atoms with Crippen LogP contribution in [-0.4, -0.2) is 33.8 Å². The number of nitrogens with one attached hydrogen (secondary N) is 1. The highest BCUT2D eigenvalue weighted by molar-refractivity contribution is 8.01. The van der Waals surface area contributed by atoms with Gasteiger partial charge in [-0.1, -0.05) is 65.6 Å². The van der Waals surface area contributed by atoms with Crippen LogP contribution < -0.4 is 10.1 Å². The highest BCUT2D eigenvalue weighted by Crippen LogP contribution is 2.33. The fraction of sp³-hybridized carbons (Fsp3) is 0.136. The molecule has 2 aromatic carbocycles. The van der Waals surface area contributed by atoms with Crippen LogP contribution in [0, 0.1) is 11.3 Å². The summed E-state index contributed by atoms with van der Waals surface area (Å²) in [7, 11) is 1.60. The Hall–Kier alpha value is -3.26. The van der Waals surface area contributed by atoms with Crippen LogP contribution in [0.3, 0.4) is 0 Å². The Morgan fingerprint density at radius 1 is 1.19 bits per heavy atom. The zero-order valence-corrected chi connectivity index (χ0v) is 19.3. The molecule has 0 fully saturated rings. The van der Waals surface area contributed by atoms with Gasteiger partial charge in [0.1, 0.15) is 10.8 Å². The molecule has 0 radical (unpaired) electrons. The van der Waals surface area contributed by atoms with Gasteiger partial charge in [-0.2, -0.15) is 5.26 Å². The smallest absolute Gasteiger partial charge is 0.210 e. The second kappa shape index (κ2) is 10.4. The van der Waals surface area contributed by atoms with Crippen molar-refractivity contribution in [1.82, 2.24) is 15.2 Å². The highest BCUT2D eigenvalue weighted by atomic mass is 32.2. The van der Waals surface area contributed by atoms with Crippen molar-refractivity contribution in [2.24, 2.45) is 0 Å². The highest BCUT2D eigenvalue weighted by Gasteiger charge is 2.24. The van der Waals surface area contributed by atoms with Gasteiger partial charge in [0, 0.05) is 10.9 Å². The fourth-order valence-electron chi connectivity index (χ4n) is 2.82. The zero-order valence-electron chi connectivity index (χ0n) is 16.9. The van der Waals surface area contributed by atoms with Crippen LogP contribution >= 0.6 is 34.4 Å². The maximum atomic E-state index is 12.7. The molecule has 0 saturated heterocycles. The number of para-hydroxylation sites is 2. The Morgan fingerprint density at radius 2 is 1.97 bits per heavy atom. The van der Waals surface area contributed by atoms with Gasteiger partial charge < -0.3 is 10.1 Å². The van der Waals surface area contributed by atoms with Gasteiger partial charge in [-0.05, 0) is 12.1 Å². The van der Waals surface area contributed by atoms with E-state index >= 15 is 0 Å². The van der Waals surface area contributed by atoms with E-state index in [1.165, 1.54) is 34.4 Å². The standard InChI is InChI=1S/C22H17N5O2S3/c1-29-19-10-6-5-9-16(19)25-21-26-27-22(32-21)31-13-18(28)15(11-23)20-24-17(12-30-20)14-7-3-2-4-8-14/h2-10,12,15H,13H2,1H3,(H,25,26). The average Bonchev–Trinajstić information content (AvgIpc) is 3.49. The molecule has 0 spiro atoms. The maximum Gasteiger partial charge on any atom is 0.210 e. The number of methoxy groups -OCH3 is 1. The molecule has 1 unspecified atom stereocenters. The van der Waals surface area contributed by atoms with E-state index in [9.17, 15) is 10.1 Å². The molecule has 0 saturated carbocycles. The number of thiazole rings is 1. The minimum atomic E-state index is -0.899. The molecular formula is C22H17N5O2S3. The first-order valence-electron chi connectivity index (χ1n) is 9.47. The monoisotopic (exact) mass is 479 g/mol. The maximum absolute atomic E-state index is 12.7. The summed E-state index contributed by atoms with van der Waals surface area (Å²) in [5.41, 5.74) is 2.50. The fourth-order valence-corrected chi connectivity index (χ4v) is 5.39. The number of hydrogen-bond donors (Lipinski definition) is 1. The van der Waals surface area contributed by atoms with E-state index in [2.05, 4.69) is 26.6 Å². The number of ether oxygens (including phenoxy) is 1. The molecule has 7 nitrogen and oxygen atoms in total. The first-order valence-corrected chi connectivity index (χ1v) is 12.2. The molecule has 0 bridgehead atoms. The summed E-state index contributed by atoms with van der Waals surface area (Å²) in [5.74, 6) is -0.297. The van der Waals surface area contributed by atoms with Gasteiger partial charge >= 0.3 is 0 Å². The first kappa shape index (κ1) is 22.0. The topological polar surface area (TPSA) is 101 Å². The van der Waals surface area contributed by atoms with Crippen LogP contribution in [0.5, 0.6) is 5.75 Å². The number of ketones is 1. The number of rotatable bonds is 9. The molecule has 32 heavy (non-hydrogen) atoms. The predicted molar refractivity (Wildman–Crippen MR) is 128 cm³/mol. The third kappa shape index (κ3) is 5.13. The predicted octanol–water partition coefficient (Wildman–Crippen LogP) is 5.38. The van der Waals surface area contributed by atoms with Crippen LogP contribution in [0.4, 0.5) is 10.8 Å². The lowest BCUT2D eigenvalue weighted by atomic mass is 10.1.